The predicted molar refractivity (Wildman–Crippen MR) is 78.9 cm³/mol. The fourth-order valence-corrected chi connectivity index (χ4v) is 3.41. The van der Waals surface area contributed by atoms with E-state index in [1.165, 1.54) is 6.07 Å². The Kier molecular flexibility index (Phi) is 4.52. The Labute approximate surface area is 119 Å². The number of anilines is 2. The van der Waals surface area contributed by atoms with Crippen LogP contribution in [0.3, 0.4) is 0 Å². The van der Waals surface area contributed by atoms with E-state index in [1.54, 1.807) is 12.1 Å². The van der Waals surface area contributed by atoms with Crippen molar-refractivity contribution in [1.29, 1.82) is 0 Å². The molecule has 0 saturated carbocycles. The van der Waals surface area contributed by atoms with E-state index in [4.69, 9.17) is 16.0 Å². The summed E-state index contributed by atoms with van der Waals surface area (Å²) in [4.78, 5) is 2.14. The number of hydrogen-bond donors (Lipinski definition) is 3. The SMILES string of the molecule is Nc1cc(N2CCCCC2CCO)ccc1S(N)(=O)=O. The number of aliphatic hydroxyl groups is 1. The number of nitrogens with zero attached hydrogens (tertiary/aromatic N) is 1. The number of nitrogens with two attached hydrogens (primary N) is 2. The summed E-state index contributed by atoms with van der Waals surface area (Å²) in [6.07, 6.45) is 3.96. The number of piperidine rings is 1. The van der Waals surface area contributed by atoms with Crippen LogP contribution in [0.25, 0.3) is 0 Å². The molecule has 1 aromatic rings. The van der Waals surface area contributed by atoms with E-state index in [9.17, 15) is 8.42 Å². The number of benzene rings is 1. The molecule has 7 heteroatoms. The molecule has 0 radical (unpaired) electrons. The molecule has 0 aliphatic carbocycles. The van der Waals surface area contributed by atoms with Crippen LogP contribution < -0.4 is 15.8 Å². The highest BCUT2D eigenvalue weighted by Gasteiger charge is 2.23. The van der Waals surface area contributed by atoms with E-state index in [-0.39, 0.29) is 23.2 Å². The smallest absolute Gasteiger partial charge is 0.240 e. The van der Waals surface area contributed by atoms with Gasteiger partial charge in [-0.15, -0.1) is 0 Å². The van der Waals surface area contributed by atoms with E-state index in [0.29, 0.717) is 6.42 Å². The van der Waals surface area contributed by atoms with Crippen LogP contribution in [-0.2, 0) is 10.0 Å². The van der Waals surface area contributed by atoms with Crippen molar-refractivity contribution < 1.29 is 13.5 Å². The predicted octanol–water partition coefficient (Wildman–Crippen LogP) is 0.658. The molecule has 0 bridgehead atoms. The van der Waals surface area contributed by atoms with Crippen molar-refractivity contribution in [2.75, 3.05) is 23.8 Å². The fraction of sp³-hybridized carbons (Fsp3) is 0.538. The third-order valence-electron chi connectivity index (χ3n) is 3.72. The van der Waals surface area contributed by atoms with Crippen molar-refractivity contribution in [2.45, 2.75) is 36.6 Å². The van der Waals surface area contributed by atoms with E-state index < -0.39 is 10.0 Å². The zero-order valence-electron chi connectivity index (χ0n) is 11.3. The molecule has 1 aliphatic heterocycles. The maximum atomic E-state index is 11.4. The van der Waals surface area contributed by atoms with Crippen LogP contribution in [-0.4, -0.2) is 32.7 Å². The second kappa shape index (κ2) is 5.99. The van der Waals surface area contributed by atoms with E-state index in [2.05, 4.69) is 4.90 Å². The Morgan fingerprint density at radius 2 is 2.10 bits per heavy atom. The van der Waals surface area contributed by atoms with Crippen LogP contribution in [0.4, 0.5) is 11.4 Å². The van der Waals surface area contributed by atoms with Gasteiger partial charge in [-0.25, -0.2) is 13.6 Å². The minimum absolute atomic E-state index is 0.0445. The average molecular weight is 299 g/mol. The Bertz CT molecular complexity index is 572. The zero-order valence-corrected chi connectivity index (χ0v) is 12.1. The van der Waals surface area contributed by atoms with Crippen molar-refractivity contribution in [3.05, 3.63) is 18.2 Å². The molecule has 0 spiro atoms. The Morgan fingerprint density at radius 1 is 1.35 bits per heavy atom. The van der Waals surface area contributed by atoms with Crippen molar-refractivity contribution in [3.8, 4) is 0 Å². The van der Waals surface area contributed by atoms with Gasteiger partial charge in [-0.3, -0.25) is 0 Å². The molecule has 1 aliphatic rings. The minimum atomic E-state index is -3.79. The summed E-state index contributed by atoms with van der Waals surface area (Å²) < 4.78 is 22.7. The van der Waals surface area contributed by atoms with Crippen LogP contribution >= 0.6 is 0 Å². The molecule has 5 N–H and O–H groups in total. The van der Waals surface area contributed by atoms with Crippen molar-refractivity contribution in [1.82, 2.24) is 0 Å². The highest BCUT2D eigenvalue weighted by molar-refractivity contribution is 7.89. The molecular formula is C13H21N3O3S. The van der Waals surface area contributed by atoms with Gasteiger partial charge in [0.25, 0.3) is 0 Å². The van der Waals surface area contributed by atoms with Gasteiger partial charge in [0, 0.05) is 24.9 Å². The molecule has 6 nitrogen and oxygen atoms in total. The molecule has 0 amide bonds. The third kappa shape index (κ3) is 3.23. The number of hydrogen-bond acceptors (Lipinski definition) is 5. The maximum Gasteiger partial charge on any atom is 0.240 e. The first-order valence-electron chi connectivity index (χ1n) is 6.73. The van der Waals surface area contributed by atoms with Gasteiger partial charge in [-0.05, 0) is 43.9 Å². The Morgan fingerprint density at radius 3 is 2.70 bits per heavy atom. The van der Waals surface area contributed by atoms with E-state index in [0.717, 1.165) is 31.5 Å². The summed E-state index contributed by atoms with van der Waals surface area (Å²) in [6, 6.07) is 5.10. The van der Waals surface area contributed by atoms with Crippen LogP contribution in [0.15, 0.2) is 23.1 Å². The van der Waals surface area contributed by atoms with Gasteiger partial charge < -0.3 is 15.7 Å². The molecule has 1 aromatic carbocycles. The first-order chi connectivity index (χ1) is 9.43. The molecule has 2 rings (SSSR count). The summed E-state index contributed by atoms with van der Waals surface area (Å²) in [6.45, 7) is 1.03. The molecule has 1 atom stereocenters. The van der Waals surface area contributed by atoms with Gasteiger partial charge in [0.05, 0.1) is 5.69 Å². The number of primary sulfonamides is 1. The van der Waals surface area contributed by atoms with E-state index in [1.807, 2.05) is 0 Å². The lowest BCUT2D eigenvalue weighted by Crippen LogP contribution is -2.40. The normalized spacial score (nSPS) is 20.1. The Hall–Kier alpha value is -1.31. The molecule has 1 fully saturated rings. The van der Waals surface area contributed by atoms with Gasteiger partial charge >= 0.3 is 0 Å². The van der Waals surface area contributed by atoms with Gasteiger partial charge in [-0.2, -0.15) is 0 Å². The van der Waals surface area contributed by atoms with Crippen LogP contribution in [0.1, 0.15) is 25.7 Å². The van der Waals surface area contributed by atoms with Crippen molar-refractivity contribution >= 4 is 21.4 Å². The van der Waals surface area contributed by atoms with Gasteiger partial charge in [0.2, 0.25) is 10.0 Å². The number of sulfonamides is 1. The lowest BCUT2D eigenvalue weighted by atomic mass is 9.98. The second-order valence-electron chi connectivity index (χ2n) is 5.12. The minimum Gasteiger partial charge on any atom is -0.398 e. The largest absolute Gasteiger partial charge is 0.398 e. The van der Waals surface area contributed by atoms with Crippen LogP contribution in [0.5, 0.6) is 0 Å². The fourth-order valence-electron chi connectivity index (χ4n) is 2.76. The van der Waals surface area contributed by atoms with Crippen LogP contribution in [0.2, 0.25) is 0 Å². The highest BCUT2D eigenvalue weighted by Crippen LogP contribution is 2.30. The third-order valence-corrected chi connectivity index (χ3v) is 4.71. The summed E-state index contributed by atoms with van der Waals surface area (Å²) in [5.74, 6) is 0. The van der Waals surface area contributed by atoms with Crippen molar-refractivity contribution in [2.24, 2.45) is 5.14 Å². The summed E-state index contributed by atoms with van der Waals surface area (Å²) in [5, 5.41) is 14.2. The highest BCUT2D eigenvalue weighted by atomic mass is 32.2. The maximum absolute atomic E-state index is 11.4. The molecule has 1 unspecified atom stereocenters. The van der Waals surface area contributed by atoms with Gasteiger partial charge in [0.15, 0.2) is 0 Å². The van der Waals surface area contributed by atoms with Crippen molar-refractivity contribution in [3.63, 3.8) is 0 Å². The second-order valence-corrected chi connectivity index (χ2v) is 6.65. The first kappa shape index (κ1) is 15.1. The molecule has 1 heterocycles. The topological polar surface area (TPSA) is 110 Å². The van der Waals surface area contributed by atoms with Crippen LogP contribution in [0, 0.1) is 0 Å². The average Bonchev–Trinajstić information content (AvgIpc) is 2.38. The molecular weight excluding hydrogens is 278 g/mol. The summed E-state index contributed by atoms with van der Waals surface area (Å²) >= 11 is 0. The summed E-state index contributed by atoms with van der Waals surface area (Å²) in [5.41, 5.74) is 6.85. The Balaban J connectivity index is 2.30. The summed E-state index contributed by atoms with van der Waals surface area (Å²) in [7, 11) is -3.79. The first-order valence-corrected chi connectivity index (χ1v) is 8.28. The lowest BCUT2D eigenvalue weighted by Gasteiger charge is -2.37. The molecule has 112 valence electrons. The lowest BCUT2D eigenvalue weighted by molar-refractivity contribution is 0.262. The quantitative estimate of drug-likeness (QED) is 0.707. The van der Waals surface area contributed by atoms with Gasteiger partial charge in [0.1, 0.15) is 4.90 Å². The monoisotopic (exact) mass is 299 g/mol. The standard InChI is InChI=1S/C13H21N3O3S/c14-12-9-11(4-5-13(12)20(15,18)19)16-7-2-1-3-10(16)6-8-17/h4-5,9-10,17H,1-3,6-8,14H2,(H2,15,18,19). The van der Waals surface area contributed by atoms with E-state index >= 15 is 0 Å². The number of nitrogen functional groups attached to an aromatic ring is 1. The van der Waals surface area contributed by atoms with Gasteiger partial charge in [-0.1, -0.05) is 0 Å². The zero-order chi connectivity index (χ0) is 14.8. The number of aliphatic hydroxyl groups excluding tert-OH is 1. The molecule has 1 saturated heterocycles. The molecule has 0 aromatic heterocycles. The molecule has 20 heavy (non-hydrogen) atoms. The number of rotatable bonds is 4.